The molecule has 1 fully saturated rings. The van der Waals surface area contributed by atoms with Gasteiger partial charge in [0.1, 0.15) is 12.1 Å². The molecule has 0 spiro atoms. The van der Waals surface area contributed by atoms with Crippen LogP contribution in [-0.4, -0.2) is 71.2 Å². The van der Waals surface area contributed by atoms with E-state index in [0.29, 0.717) is 24.3 Å². The normalized spacial score (nSPS) is 17.3. The molecular formula is C21H22F3N5O4. The third-order valence-corrected chi connectivity index (χ3v) is 4.97. The lowest BCUT2D eigenvalue weighted by molar-refractivity contribution is -0.171. The van der Waals surface area contributed by atoms with E-state index in [0.717, 1.165) is 0 Å². The van der Waals surface area contributed by atoms with Crippen LogP contribution in [0.2, 0.25) is 0 Å². The summed E-state index contributed by atoms with van der Waals surface area (Å²) >= 11 is 0. The number of aromatic nitrogens is 1. The maximum Gasteiger partial charge on any atom is 0.471 e. The van der Waals surface area contributed by atoms with Crippen molar-refractivity contribution in [3.8, 4) is 0 Å². The SMILES string of the molecule is N=C(NC(=O)C(F)(F)F)c1ccc(C(O)NCC2COCCN2C(=O)c2ccncc2)cc1. The molecule has 1 aromatic carbocycles. The molecule has 0 saturated carbocycles. The Labute approximate surface area is 187 Å². The van der Waals surface area contributed by atoms with Gasteiger partial charge in [0.15, 0.2) is 0 Å². The van der Waals surface area contributed by atoms with E-state index in [1.807, 2.05) is 0 Å². The van der Waals surface area contributed by atoms with Gasteiger partial charge in [-0.3, -0.25) is 25.3 Å². The molecule has 33 heavy (non-hydrogen) atoms. The van der Waals surface area contributed by atoms with Crippen molar-refractivity contribution in [2.75, 3.05) is 26.3 Å². The van der Waals surface area contributed by atoms with Gasteiger partial charge in [0, 0.05) is 36.6 Å². The second-order valence-corrected chi connectivity index (χ2v) is 7.22. The average Bonchev–Trinajstić information content (AvgIpc) is 2.82. The molecule has 1 aliphatic rings. The highest BCUT2D eigenvalue weighted by Crippen LogP contribution is 2.17. The Morgan fingerprint density at radius 3 is 2.48 bits per heavy atom. The molecule has 0 radical (unpaired) electrons. The molecule has 12 heteroatoms. The molecule has 2 heterocycles. The van der Waals surface area contributed by atoms with E-state index >= 15 is 0 Å². The predicted molar refractivity (Wildman–Crippen MR) is 110 cm³/mol. The molecule has 9 nitrogen and oxygen atoms in total. The number of alkyl halides is 3. The van der Waals surface area contributed by atoms with Crippen LogP contribution in [0.3, 0.4) is 0 Å². The van der Waals surface area contributed by atoms with Gasteiger partial charge in [-0.05, 0) is 17.7 Å². The number of hydrogen-bond acceptors (Lipinski definition) is 7. The summed E-state index contributed by atoms with van der Waals surface area (Å²) in [7, 11) is 0. The predicted octanol–water partition coefficient (Wildman–Crippen LogP) is 1.21. The van der Waals surface area contributed by atoms with Crippen molar-refractivity contribution in [2.24, 2.45) is 0 Å². The summed E-state index contributed by atoms with van der Waals surface area (Å²) in [6, 6.07) is 8.35. The van der Waals surface area contributed by atoms with E-state index in [-0.39, 0.29) is 30.7 Å². The smallest absolute Gasteiger partial charge is 0.377 e. The highest BCUT2D eigenvalue weighted by molar-refractivity contribution is 6.07. The van der Waals surface area contributed by atoms with Crippen molar-refractivity contribution in [3.63, 3.8) is 0 Å². The number of aliphatic hydroxyl groups is 1. The molecule has 176 valence electrons. The van der Waals surface area contributed by atoms with Crippen LogP contribution in [0, 0.1) is 5.41 Å². The lowest BCUT2D eigenvalue weighted by atomic mass is 10.1. The van der Waals surface area contributed by atoms with Crippen molar-refractivity contribution < 1.29 is 32.6 Å². The van der Waals surface area contributed by atoms with E-state index in [9.17, 15) is 27.9 Å². The minimum absolute atomic E-state index is 0.0401. The average molecular weight is 465 g/mol. The fraction of sp³-hybridized carbons (Fsp3) is 0.333. The Hall–Kier alpha value is -3.35. The van der Waals surface area contributed by atoms with Gasteiger partial charge >= 0.3 is 12.1 Å². The molecule has 2 unspecified atom stereocenters. The second kappa shape index (κ2) is 10.5. The first-order valence-electron chi connectivity index (χ1n) is 9.94. The molecule has 4 N–H and O–H groups in total. The number of amidine groups is 1. The Morgan fingerprint density at radius 1 is 1.18 bits per heavy atom. The highest BCUT2D eigenvalue weighted by atomic mass is 19.4. The van der Waals surface area contributed by atoms with Crippen molar-refractivity contribution in [3.05, 3.63) is 65.5 Å². The van der Waals surface area contributed by atoms with E-state index in [4.69, 9.17) is 10.1 Å². The zero-order valence-electron chi connectivity index (χ0n) is 17.3. The summed E-state index contributed by atoms with van der Waals surface area (Å²) in [6.07, 6.45) is -3.18. The van der Waals surface area contributed by atoms with Crippen molar-refractivity contribution in [1.29, 1.82) is 5.41 Å². The first-order valence-corrected chi connectivity index (χ1v) is 9.94. The number of carbonyl (C=O) groups is 2. The van der Waals surface area contributed by atoms with Gasteiger partial charge in [-0.15, -0.1) is 0 Å². The van der Waals surface area contributed by atoms with E-state index in [1.165, 1.54) is 42.0 Å². The number of ether oxygens (including phenoxy) is 1. The van der Waals surface area contributed by atoms with Gasteiger partial charge in [0.05, 0.1) is 19.3 Å². The number of amides is 2. The molecule has 2 amide bonds. The fourth-order valence-electron chi connectivity index (χ4n) is 3.21. The molecule has 1 aromatic heterocycles. The van der Waals surface area contributed by atoms with Crippen LogP contribution in [0.4, 0.5) is 13.2 Å². The largest absolute Gasteiger partial charge is 0.471 e. The number of carbonyl (C=O) groups excluding carboxylic acids is 2. The minimum Gasteiger partial charge on any atom is -0.377 e. The standard InChI is InChI=1S/C21H22F3N5O4/c22-21(23,24)20(32)28-17(25)13-1-3-14(4-2-13)18(30)27-11-16-12-33-10-9-29(16)19(31)15-5-7-26-8-6-15/h1-8,16,18,27,30H,9-12H2,(H2,25,28,32). The van der Waals surface area contributed by atoms with Gasteiger partial charge in [-0.2, -0.15) is 13.2 Å². The number of hydrogen-bond donors (Lipinski definition) is 4. The Kier molecular flexibility index (Phi) is 7.74. The number of aliphatic hydroxyl groups excluding tert-OH is 1. The second-order valence-electron chi connectivity index (χ2n) is 7.22. The number of rotatable bonds is 6. The van der Waals surface area contributed by atoms with Gasteiger partial charge in [-0.1, -0.05) is 24.3 Å². The van der Waals surface area contributed by atoms with Crippen LogP contribution in [0.5, 0.6) is 0 Å². The van der Waals surface area contributed by atoms with Crippen LogP contribution in [-0.2, 0) is 9.53 Å². The van der Waals surface area contributed by atoms with Crippen molar-refractivity contribution in [1.82, 2.24) is 20.5 Å². The van der Waals surface area contributed by atoms with Gasteiger partial charge < -0.3 is 20.1 Å². The van der Waals surface area contributed by atoms with Crippen LogP contribution in [0.1, 0.15) is 27.7 Å². The number of nitrogens with zero attached hydrogens (tertiary/aromatic N) is 2. The van der Waals surface area contributed by atoms with Crippen LogP contribution < -0.4 is 10.6 Å². The van der Waals surface area contributed by atoms with E-state index < -0.39 is 24.1 Å². The van der Waals surface area contributed by atoms with Crippen LogP contribution in [0.25, 0.3) is 0 Å². The highest BCUT2D eigenvalue weighted by Gasteiger charge is 2.39. The topological polar surface area (TPSA) is 128 Å². The fourth-order valence-corrected chi connectivity index (χ4v) is 3.21. The van der Waals surface area contributed by atoms with Gasteiger partial charge in [0.2, 0.25) is 0 Å². The van der Waals surface area contributed by atoms with E-state index in [2.05, 4.69) is 10.3 Å². The first-order chi connectivity index (χ1) is 15.7. The zero-order chi connectivity index (χ0) is 24.0. The van der Waals surface area contributed by atoms with Crippen molar-refractivity contribution >= 4 is 17.6 Å². The molecule has 2 aromatic rings. The summed E-state index contributed by atoms with van der Waals surface area (Å²) in [4.78, 5) is 29.3. The molecule has 0 bridgehead atoms. The van der Waals surface area contributed by atoms with Crippen LogP contribution >= 0.6 is 0 Å². The summed E-state index contributed by atoms with van der Waals surface area (Å²) in [5.74, 6) is -3.12. The molecule has 0 aliphatic carbocycles. The maximum atomic E-state index is 12.8. The summed E-state index contributed by atoms with van der Waals surface area (Å²) in [5.41, 5.74) is 0.920. The number of morpholine rings is 1. The summed E-state index contributed by atoms with van der Waals surface area (Å²) < 4.78 is 42.4. The first kappa shape index (κ1) is 24.3. The van der Waals surface area contributed by atoms with Crippen molar-refractivity contribution in [2.45, 2.75) is 18.4 Å². The summed E-state index contributed by atoms with van der Waals surface area (Å²) in [6.45, 7) is 1.29. The quantitative estimate of drug-likeness (QED) is 0.289. The monoisotopic (exact) mass is 465 g/mol. The summed E-state index contributed by atoms with van der Waals surface area (Å²) in [5, 5.41) is 22.4. The molecular weight excluding hydrogens is 443 g/mol. The molecule has 2 atom stereocenters. The number of pyridine rings is 1. The number of halogens is 3. The van der Waals surface area contributed by atoms with Gasteiger partial charge in [-0.25, -0.2) is 0 Å². The minimum atomic E-state index is -5.10. The maximum absolute atomic E-state index is 12.8. The zero-order valence-corrected chi connectivity index (χ0v) is 17.3. The Bertz CT molecular complexity index is 986. The number of nitrogens with one attached hydrogen (secondary N) is 3. The third-order valence-electron chi connectivity index (χ3n) is 4.97. The number of benzene rings is 1. The van der Waals surface area contributed by atoms with Crippen LogP contribution in [0.15, 0.2) is 48.8 Å². The Morgan fingerprint density at radius 2 is 1.85 bits per heavy atom. The molecule has 1 aliphatic heterocycles. The van der Waals surface area contributed by atoms with Gasteiger partial charge in [0.25, 0.3) is 5.91 Å². The van der Waals surface area contributed by atoms with E-state index in [1.54, 1.807) is 17.0 Å². The molecule has 1 saturated heterocycles. The third kappa shape index (κ3) is 6.34. The molecule has 3 rings (SSSR count). The Balaban J connectivity index is 1.58. The lowest BCUT2D eigenvalue weighted by Crippen LogP contribution is -2.53. The lowest BCUT2D eigenvalue weighted by Gasteiger charge is -2.36.